The van der Waals surface area contributed by atoms with Crippen LogP contribution in [0.4, 0.5) is 0 Å². The summed E-state index contributed by atoms with van der Waals surface area (Å²) in [5.41, 5.74) is 3.06. The topological polar surface area (TPSA) is 154 Å². The molecule has 0 bridgehead atoms. The van der Waals surface area contributed by atoms with Gasteiger partial charge in [0.15, 0.2) is 0 Å². The first-order valence-electron chi connectivity index (χ1n) is 18.0. The van der Waals surface area contributed by atoms with E-state index in [-0.39, 0.29) is 41.7 Å². The fraction of sp³-hybridized carbons (Fsp3) is 0.512. The SMILES string of the molecule is CCCC(C)(OC)C(=O)N[C@H](c1ncc(-c2ccc(-c3ccc(-c4cnc([C@@H](NC(=O)C(C)(CCO)OC)C(C)(C)C)[nH]4)cc3)cc2)[nH]1)C(C)(C)C. The molecule has 2 unspecified atom stereocenters. The number of rotatable bonds is 15. The second-order valence-electron chi connectivity index (χ2n) is 16.2. The fourth-order valence-electron chi connectivity index (χ4n) is 6.21. The van der Waals surface area contributed by atoms with Crippen LogP contribution in [0.15, 0.2) is 60.9 Å². The molecule has 0 aliphatic heterocycles. The van der Waals surface area contributed by atoms with Gasteiger partial charge in [-0.25, -0.2) is 9.97 Å². The number of imidazole rings is 2. The van der Waals surface area contributed by atoms with Gasteiger partial charge in [-0.1, -0.05) is 103 Å². The van der Waals surface area contributed by atoms with Crippen molar-refractivity contribution >= 4 is 11.8 Å². The van der Waals surface area contributed by atoms with Crippen molar-refractivity contribution in [2.75, 3.05) is 20.8 Å². The van der Waals surface area contributed by atoms with Crippen LogP contribution in [0, 0.1) is 10.8 Å². The molecule has 2 amide bonds. The zero-order valence-electron chi connectivity index (χ0n) is 32.7. The van der Waals surface area contributed by atoms with Gasteiger partial charge in [-0.05, 0) is 53.4 Å². The van der Waals surface area contributed by atoms with E-state index in [1.807, 2.05) is 52.9 Å². The molecule has 0 fully saturated rings. The lowest BCUT2D eigenvalue weighted by molar-refractivity contribution is -0.145. The molecule has 0 spiro atoms. The first-order valence-corrected chi connectivity index (χ1v) is 18.0. The third-order valence-corrected chi connectivity index (χ3v) is 9.92. The molecular formula is C41H58N6O5. The number of ether oxygens (including phenoxy) is 2. The summed E-state index contributed by atoms with van der Waals surface area (Å²) in [6.45, 7) is 17.7. The highest BCUT2D eigenvalue weighted by atomic mass is 16.5. The van der Waals surface area contributed by atoms with Gasteiger partial charge >= 0.3 is 0 Å². The Hall–Kier alpha value is -4.32. The molecule has 5 N–H and O–H groups in total. The molecule has 2 aromatic heterocycles. The van der Waals surface area contributed by atoms with Crippen molar-refractivity contribution in [1.29, 1.82) is 0 Å². The second-order valence-corrected chi connectivity index (χ2v) is 16.2. The number of benzene rings is 2. The highest BCUT2D eigenvalue weighted by Gasteiger charge is 2.39. The minimum atomic E-state index is -1.15. The average Bonchev–Trinajstić information content (AvgIpc) is 3.79. The van der Waals surface area contributed by atoms with E-state index in [1.165, 1.54) is 7.11 Å². The lowest BCUT2D eigenvalue weighted by Gasteiger charge is -2.34. The van der Waals surface area contributed by atoms with Crippen LogP contribution in [0.3, 0.4) is 0 Å². The van der Waals surface area contributed by atoms with E-state index in [0.29, 0.717) is 18.1 Å². The second kappa shape index (κ2) is 16.1. The van der Waals surface area contributed by atoms with Crippen LogP contribution in [0.1, 0.15) is 105 Å². The van der Waals surface area contributed by atoms with E-state index in [9.17, 15) is 14.7 Å². The van der Waals surface area contributed by atoms with E-state index in [2.05, 4.69) is 82.8 Å². The van der Waals surface area contributed by atoms with Gasteiger partial charge in [0.2, 0.25) is 0 Å². The predicted molar refractivity (Wildman–Crippen MR) is 205 cm³/mol. The summed E-state index contributed by atoms with van der Waals surface area (Å²) in [5, 5.41) is 15.8. The molecule has 4 rings (SSSR count). The summed E-state index contributed by atoms with van der Waals surface area (Å²) >= 11 is 0. The zero-order chi connectivity index (χ0) is 38.5. The minimum absolute atomic E-state index is 0.152. The molecule has 0 aliphatic rings. The van der Waals surface area contributed by atoms with E-state index in [0.717, 1.165) is 40.1 Å². The van der Waals surface area contributed by atoms with E-state index in [1.54, 1.807) is 20.2 Å². The Balaban J connectivity index is 1.49. The quantitative estimate of drug-likeness (QED) is 0.0853. The average molecular weight is 715 g/mol. The third kappa shape index (κ3) is 9.18. The van der Waals surface area contributed by atoms with E-state index < -0.39 is 17.2 Å². The first kappa shape index (κ1) is 40.5. The summed E-state index contributed by atoms with van der Waals surface area (Å²) in [4.78, 5) is 42.8. The molecule has 11 nitrogen and oxygen atoms in total. The largest absolute Gasteiger partial charge is 0.396 e. The Morgan fingerprint density at radius 1 is 0.654 bits per heavy atom. The lowest BCUT2D eigenvalue weighted by atomic mass is 9.85. The molecule has 0 aliphatic carbocycles. The number of amides is 2. The van der Waals surface area contributed by atoms with Gasteiger partial charge in [0.1, 0.15) is 22.9 Å². The summed E-state index contributed by atoms with van der Waals surface area (Å²) in [5.74, 6) is 0.877. The Morgan fingerprint density at radius 2 is 1.00 bits per heavy atom. The molecule has 4 aromatic rings. The van der Waals surface area contributed by atoms with Gasteiger partial charge in [0.25, 0.3) is 11.8 Å². The third-order valence-electron chi connectivity index (χ3n) is 9.92. The van der Waals surface area contributed by atoms with Crippen LogP contribution >= 0.6 is 0 Å². The number of nitrogens with zero attached hydrogens (tertiary/aromatic N) is 2. The van der Waals surface area contributed by atoms with Gasteiger partial charge in [-0.15, -0.1) is 0 Å². The maximum atomic E-state index is 13.3. The van der Waals surface area contributed by atoms with Crippen molar-refractivity contribution in [2.45, 2.75) is 105 Å². The molecule has 0 radical (unpaired) electrons. The monoisotopic (exact) mass is 714 g/mol. The number of methoxy groups -OCH3 is 2. The summed E-state index contributed by atoms with van der Waals surface area (Å²) in [7, 11) is 3.05. The summed E-state index contributed by atoms with van der Waals surface area (Å²) < 4.78 is 11.1. The number of hydrogen-bond donors (Lipinski definition) is 5. The normalized spacial score (nSPS) is 15.7. The number of aromatic nitrogens is 4. The van der Waals surface area contributed by atoms with Crippen molar-refractivity contribution < 1.29 is 24.2 Å². The van der Waals surface area contributed by atoms with Crippen molar-refractivity contribution in [3.8, 4) is 33.6 Å². The molecular weight excluding hydrogens is 656 g/mol. The summed E-state index contributed by atoms with van der Waals surface area (Å²) in [6.07, 6.45) is 5.23. The van der Waals surface area contributed by atoms with Gasteiger partial charge in [0.05, 0.1) is 35.9 Å². The maximum Gasteiger partial charge on any atom is 0.252 e. The van der Waals surface area contributed by atoms with Crippen LogP contribution in [0.5, 0.6) is 0 Å². The molecule has 0 saturated carbocycles. The van der Waals surface area contributed by atoms with Crippen molar-refractivity contribution in [3.63, 3.8) is 0 Å². The van der Waals surface area contributed by atoms with Gasteiger partial charge in [-0.2, -0.15) is 0 Å². The van der Waals surface area contributed by atoms with Crippen molar-refractivity contribution in [2.24, 2.45) is 10.8 Å². The molecule has 282 valence electrons. The number of aromatic amines is 2. The first-order chi connectivity index (χ1) is 24.4. The predicted octanol–water partition coefficient (Wildman–Crippen LogP) is 7.53. The zero-order valence-corrected chi connectivity index (χ0v) is 32.7. The number of nitrogens with one attached hydrogen (secondary N) is 4. The maximum absolute atomic E-state index is 13.3. The van der Waals surface area contributed by atoms with Crippen LogP contribution in [-0.4, -0.2) is 68.9 Å². The smallest absolute Gasteiger partial charge is 0.252 e. The standard InChI is InChI=1S/C41H58N6O5/c1-12-21-40(8,51-10)36(49)46-32(38(2,3)4)34-42-24-30(44-34)28-17-13-26(14-18-28)27-15-19-29(20-16-27)31-25-43-35(45-31)33(39(5,6)7)47-37(50)41(9,52-11)22-23-48/h13-20,24-25,32-33,48H,12,21-23H2,1-11H3,(H,42,44)(H,43,45)(H,46,49)(H,47,50)/t32-,33-,40?,41?/m1/s1. The molecule has 52 heavy (non-hydrogen) atoms. The number of aliphatic hydroxyl groups is 1. The van der Waals surface area contributed by atoms with Gasteiger partial charge in [-0.3, -0.25) is 9.59 Å². The summed E-state index contributed by atoms with van der Waals surface area (Å²) in [6, 6.07) is 15.8. The Morgan fingerprint density at radius 3 is 1.31 bits per heavy atom. The van der Waals surface area contributed by atoms with Crippen LogP contribution in [0.25, 0.3) is 33.6 Å². The van der Waals surface area contributed by atoms with Crippen molar-refractivity contribution in [3.05, 3.63) is 72.6 Å². The Bertz CT molecular complexity index is 1650. The number of carbonyl (C=O) groups is 2. The number of H-pyrrole nitrogens is 2. The fourth-order valence-corrected chi connectivity index (χ4v) is 6.21. The number of aliphatic hydroxyl groups excluding tert-OH is 1. The molecule has 2 heterocycles. The van der Waals surface area contributed by atoms with Crippen molar-refractivity contribution in [1.82, 2.24) is 30.6 Å². The van der Waals surface area contributed by atoms with E-state index in [4.69, 9.17) is 14.5 Å². The van der Waals surface area contributed by atoms with Crippen LogP contribution in [0.2, 0.25) is 0 Å². The Kier molecular flexibility index (Phi) is 12.6. The minimum Gasteiger partial charge on any atom is -0.396 e. The molecule has 4 atom stereocenters. The van der Waals surface area contributed by atoms with Crippen LogP contribution < -0.4 is 10.6 Å². The van der Waals surface area contributed by atoms with Crippen LogP contribution in [-0.2, 0) is 19.1 Å². The molecule has 2 aromatic carbocycles. The van der Waals surface area contributed by atoms with Gasteiger partial charge in [0, 0.05) is 27.2 Å². The highest BCUT2D eigenvalue weighted by molar-refractivity contribution is 5.85. The Labute approximate surface area is 308 Å². The molecule has 0 saturated heterocycles. The highest BCUT2D eigenvalue weighted by Crippen LogP contribution is 2.36. The lowest BCUT2D eigenvalue weighted by Crippen LogP contribution is -2.50. The number of carbonyl (C=O) groups excluding carboxylic acids is 2. The van der Waals surface area contributed by atoms with E-state index >= 15 is 0 Å². The molecule has 11 heteroatoms. The number of hydrogen-bond acceptors (Lipinski definition) is 7. The van der Waals surface area contributed by atoms with Gasteiger partial charge < -0.3 is 35.2 Å².